The molecule has 8 nitrogen and oxygen atoms in total. The van der Waals surface area contributed by atoms with E-state index < -0.39 is 48.3 Å². The van der Waals surface area contributed by atoms with Crippen LogP contribution < -0.4 is 10.6 Å². The predicted octanol–water partition coefficient (Wildman–Crippen LogP) is 2.37. The maximum absolute atomic E-state index is 14.8. The zero-order valence-corrected chi connectivity index (χ0v) is 19.6. The molecule has 2 amide bonds. The zero-order chi connectivity index (χ0) is 24.2. The van der Waals surface area contributed by atoms with Gasteiger partial charge in [-0.2, -0.15) is 5.10 Å². The Hall–Kier alpha value is -2.52. The van der Waals surface area contributed by atoms with Crippen LogP contribution in [0.15, 0.2) is 18.2 Å². The maximum Gasteiger partial charge on any atom is 0.273 e. The van der Waals surface area contributed by atoms with E-state index in [0.717, 1.165) is 25.7 Å². The molecule has 1 unspecified atom stereocenters. The van der Waals surface area contributed by atoms with Crippen molar-refractivity contribution < 1.29 is 24.2 Å². The number of amides is 2. The Kier molecular flexibility index (Phi) is 8.07. The average molecular weight is 463 g/mol. The summed E-state index contributed by atoms with van der Waals surface area (Å²) in [6, 6.07) is 2.78. The standard InChI is InChI=1S/C24H35FN4O4/c1-24(2,3)21(23(33)26-16(13-30)14-31)27-22(32)19-17-10-7-11-18(25)20(17)29(28-19)12-15-8-5-4-6-9-15/h7,10-11,15-16,21,30-31H,4-6,8-9,12-14H2,1-3H3,(H,26,33)(H,27,32). The highest BCUT2D eigenvalue weighted by Gasteiger charge is 2.35. The summed E-state index contributed by atoms with van der Waals surface area (Å²) in [7, 11) is 0. The van der Waals surface area contributed by atoms with Gasteiger partial charge in [-0.15, -0.1) is 0 Å². The largest absolute Gasteiger partial charge is 0.394 e. The number of rotatable bonds is 8. The number of hydrogen-bond donors (Lipinski definition) is 4. The highest BCUT2D eigenvalue weighted by molar-refractivity contribution is 6.06. The van der Waals surface area contributed by atoms with Crippen LogP contribution >= 0.6 is 0 Å². The second-order valence-electron chi connectivity index (χ2n) is 10.0. The SMILES string of the molecule is CC(C)(C)C(NC(=O)c1nn(CC2CCCCC2)c2c(F)cccc12)C(=O)NC(CO)CO. The third-order valence-electron chi connectivity index (χ3n) is 6.28. The monoisotopic (exact) mass is 462 g/mol. The van der Waals surface area contributed by atoms with E-state index >= 15 is 0 Å². The van der Waals surface area contributed by atoms with Crippen LogP contribution in [0.1, 0.15) is 63.4 Å². The van der Waals surface area contributed by atoms with Crippen molar-refractivity contribution in [1.82, 2.24) is 20.4 Å². The fraction of sp³-hybridized carbons (Fsp3) is 0.625. The molecule has 9 heteroatoms. The van der Waals surface area contributed by atoms with Crippen LogP contribution in [0.2, 0.25) is 0 Å². The Morgan fingerprint density at radius 1 is 1.15 bits per heavy atom. The fourth-order valence-electron chi connectivity index (χ4n) is 4.42. The number of aliphatic hydroxyl groups excluding tert-OH is 2. The normalized spacial score (nSPS) is 16.2. The van der Waals surface area contributed by atoms with E-state index in [0.29, 0.717) is 23.4 Å². The number of halogens is 1. The van der Waals surface area contributed by atoms with E-state index in [2.05, 4.69) is 15.7 Å². The molecule has 4 N–H and O–H groups in total. The molecule has 1 saturated carbocycles. The lowest BCUT2D eigenvalue weighted by Crippen LogP contribution is -2.56. The molecule has 0 bridgehead atoms. The van der Waals surface area contributed by atoms with Crippen molar-refractivity contribution in [3.05, 3.63) is 29.7 Å². The quantitative estimate of drug-likeness (QED) is 0.481. The van der Waals surface area contributed by atoms with Crippen molar-refractivity contribution in [1.29, 1.82) is 0 Å². The second kappa shape index (κ2) is 10.6. The van der Waals surface area contributed by atoms with Gasteiger partial charge in [0.1, 0.15) is 17.4 Å². The van der Waals surface area contributed by atoms with Gasteiger partial charge in [0.25, 0.3) is 5.91 Å². The van der Waals surface area contributed by atoms with Crippen molar-refractivity contribution in [3.63, 3.8) is 0 Å². The van der Waals surface area contributed by atoms with Gasteiger partial charge >= 0.3 is 0 Å². The molecule has 1 aliphatic carbocycles. The van der Waals surface area contributed by atoms with Gasteiger partial charge < -0.3 is 20.8 Å². The molecule has 3 rings (SSSR count). The molecule has 1 heterocycles. The van der Waals surface area contributed by atoms with Crippen LogP contribution in [0.5, 0.6) is 0 Å². The number of aromatic nitrogens is 2. The number of benzene rings is 1. The van der Waals surface area contributed by atoms with E-state index in [9.17, 15) is 24.2 Å². The van der Waals surface area contributed by atoms with Gasteiger partial charge in [0.05, 0.1) is 19.3 Å². The number of nitrogens with one attached hydrogen (secondary N) is 2. The van der Waals surface area contributed by atoms with Gasteiger partial charge in [0, 0.05) is 11.9 Å². The van der Waals surface area contributed by atoms with E-state index in [4.69, 9.17) is 0 Å². The van der Waals surface area contributed by atoms with Gasteiger partial charge in [0.2, 0.25) is 5.91 Å². The highest BCUT2D eigenvalue weighted by Crippen LogP contribution is 2.29. The van der Waals surface area contributed by atoms with Crippen molar-refractivity contribution in [2.45, 2.75) is 71.5 Å². The fourth-order valence-corrected chi connectivity index (χ4v) is 4.42. The molecular weight excluding hydrogens is 427 g/mol. The smallest absolute Gasteiger partial charge is 0.273 e. The van der Waals surface area contributed by atoms with Crippen molar-refractivity contribution in [3.8, 4) is 0 Å². The highest BCUT2D eigenvalue weighted by atomic mass is 19.1. The number of carbonyl (C=O) groups excluding carboxylic acids is 2. The van der Waals surface area contributed by atoms with E-state index in [1.54, 1.807) is 37.6 Å². The summed E-state index contributed by atoms with van der Waals surface area (Å²) >= 11 is 0. The van der Waals surface area contributed by atoms with E-state index in [-0.39, 0.29) is 5.69 Å². The molecule has 1 aromatic carbocycles. The van der Waals surface area contributed by atoms with Crippen molar-refractivity contribution >= 4 is 22.7 Å². The number of fused-ring (bicyclic) bond motifs is 1. The lowest BCUT2D eigenvalue weighted by molar-refractivity contribution is -0.126. The lowest BCUT2D eigenvalue weighted by atomic mass is 9.85. The summed E-state index contributed by atoms with van der Waals surface area (Å²) in [5.74, 6) is -1.15. The molecule has 1 aromatic heterocycles. The van der Waals surface area contributed by atoms with Crippen LogP contribution in [0, 0.1) is 17.2 Å². The molecule has 33 heavy (non-hydrogen) atoms. The van der Waals surface area contributed by atoms with Crippen LogP contribution in [0.4, 0.5) is 4.39 Å². The first-order chi connectivity index (χ1) is 15.7. The van der Waals surface area contributed by atoms with E-state index in [1.807, 2.05) is 0 Å². The molecule has 182 valence electrons. The van der Waals surface area contributed by atoms with Crippen LogP contribution in [-0.4, -0.2) is 57.1 Å². The number of hydrogen-bond acceptors (Lipinski definition) is 5. The first-order valence-corrected chi connectivity index (χ1v) is 11.6. The summed E-state index contributed by atoms with van der Waals surface area (Å²) in [6.07, 6.45) is 5.61. The van der Waals surface area contributed by atoms with Crippen LogP contribution in [-0.2, 0) is 11.3 Å². The van der Waals surface area contributed by atoms with Gasteiger partial charge in [-0.1, -0.05) is 52.2 Å². The molecule has 1 atom stereocenters. The number of aliphatic hydroxyl groups is 2. The Balaban J connectivity index is 1.90. The molecule has 1 fully saturated rings. The topological polar surface area (TPSA) is 116 Å². The van der Waals surface area contributed by atoms with E-state index in [1.165, 1.54) is 12.5 Å². The zero-order valence-electron chi connectivity index (χ0n) is 19.6. The summed E-state index contributed by atoms with van der Waals surface area (Å²) < 4.78 is 16.4. The Morgan fingerprint density at radius 3 is 2.42 bits per heavy atom. The van der Waals surface area contributed by atoms with Crippen LogP contribution in [0.25, 0.3) is 10.9 Å². The number of para-hydroxylation sites is 1. The lowest BCUT2D eigenvalue weighted by Gasteiger charge is -2.31. The van der Waals surface area contributed by atoms with Crippen molar-refractivity contribution in [2.75, 3.05) is 13.2 Å². The minimum atomic E-state index is -0.960. The van der Waals surface area contributed by atoms with Crippen LogP contribution in [0.3, 0.4) is 0 Å². The molecule has 0 spiro atoms. The minimum Gasteiger partial charge on any atom is -0.394 e. The molecule has 0 saturated heterocycles. The van der Waals surface area contributed by atoms with Gasteiger partial charge in [-0.05, 0) is 30.2 Å². The minimum absolute atomic E-state index is 0.0724. The maximum atomic E-state index is 14.8. The first-order valence-electron chi connectivity index (χ1n) is 11.6. The number of nitrogens with zero attached hydrogens (tertiary/aromatic N) is 2. The summed E-state index contributed by atoms with van der Waals surface area (Å²) in [5, 5.41) is 28.8. The molecule has 2 aromatic rings. The Labute approximate surface area is 193 Å². The molecule has 1 aliphatic rings. The summed E-state index contributed by atoms with van der Waals surface area (Å²) in [5.41, 5.74) is -0.296. The average Bonchev–Trinajstić information content (AvgIpc) is 3.15. The van der Waals surface area contributed by atoms with Gasteiger partial charge in [0.15, 0.2) is 5.69 Å². The Bertz CT molecular complexity index is 975. The molecular formula is C24H35FN4O4. The van der Waals surface area contributed by atoms with Crippen molar-refractivity contribution in [2.24, 2.45) is 11.3 Å². The van der Waals surface area contributed by atoms with Gasteiger partial charge in [-0.3, -0.25) is 14.3 Å². The predicted molar refractivity (Wildman–Crippen MR) is 123 cm³/mol. The third kappa shape index (κ3) is 5.89. The molecule has 0 aliphatic heterocycles. The summed E-state index contributed by atoms with van der Waals surface area (Å²) in [6.45, 7) is 5.07. The number of carbonyl (C=O) groups is 2. The van der Waals surface area contributed by atoms with Gasteiger partial charge in [-0.25, -0.2) is 4.39 Å². The third-order valence-corrected chi connectivity index (χ3v) is 6.28. The first kappa shape index (κ1) is 25.1. The molecule has 0 radical (unpaired) electrons. The summed E-state index contributed by atoms with van der Waals surface area (Å²) in [4.78, 5) is 26.1. The Morgan fingerprint density at radius 2 is 1.82 bits per heavy atom. The second-order valence-corrected chi connectivity index (χ2v) is 10.0.